The second-order valence-corrected chi connectivity index (χ2v) is 5.93. The molecule has 18 heavy (non-hydrogen) atoms. The van der Waals surface area contributed by atoms with Crippen molar-refractivity contribution in [3.63, 3.8) is 0 Å². The van der Waals surface area contributed by atoms with Crippen LogP contribution >= 0.6 is 0 Å². The highest BCUT2D eigenvalue weighted by Gasteiger charge is 2.35. The van der Waals surface area contributed by atoms with E-state index in [9.17, 15) is 9.59 Å². The molecule has 0 radical (unpaired) electrons. The van der Waals surface area contributed by atoms with Crippen molar-refractivity contribution >= 4 is 11.8 Å². The maximum atomic E-state index is 12.3. The third-order valence-electron chi connectivity index (χ3n) is 3.48. The third kappa shape index (κ3) is 3.83. The van der Waals surface area contributed by atoms with Crippen LogP contribution in [0.1, 0.15) is 47.0 Å². The van der Waals surface area contributed by atoms with Gasteiger partial charge >= 0.3 is 5.97 Å². The van der Waals surface area contributed by atoms with Gasteiger partial charge in [0.15, 0.2) is 5.78 Å². The summed E-state index contributed by atoms with van der Waals surface area (Å²) in [7, 11) is 0. The van der Waals surface area contributed by atoms with E-state index in [2.05, 4.69) is 6.92 Å². The molecule has 0 aromatic rings. The van der Waals surface area contributed by atoms with Gasteiger partial charge in [0.2, 0.25) is 0 Å². The van der Waals surface area contributed by atoms with Crippen LogP contribution in [0.2, 0.25) is 0 Å². The molecule has 3 heteroatoms. The lowest BCUT2D eigenvalue weighted by atomic mass is 9.74. The third-order valence-corrected chi connectivity index (χ3v) is 3.48. The summed E-state index contributed by atoms with van der Waals surface area (Å²) in [5.74, 6) is -0.366. The van der Waals surface area contributed by atoms with Crippen molar-refractivity contribution in [1.82, 2.24) is 0 Å². The molecule has 1 N–H and O–H groups in total. The number of hydrogen-bond donors (Lipinski definition) is 1. The summed E-state index contributed by atoms with van der Waals surface area (Å²) in [5.41, 5.74) is 1.40. The monoisotopic (exact) mass is 250 g/mol. The lowest BCUT2D eigenvalue weighted by molar-refractivity contribution is -0.131. The Morgan fingerprint density at radius 3 is 2.78 bits per heavy atom. The predicted molar refractivity (Wildman–Crippen MR) is 71.3 cm³/mol. The molecule has 1 aliphatic carbocycles. The van der Waals surface area contributed by atoms with Crippen molar-refractivity contribution in [3.8, 4) is 0 Å². The number of rotatable bonds is 3. The van der Waals surface area contributed by atoms with Gasteiger partial charge < -0.3 is 5.11 Å². The number of carbonyl (C=O) groups is 2. The van der Waals surface area contributed by atoms with E-state index in [0.29, 0.717) is 12.3 Å². The highest BCUT2D eigenvalue weighted by Crippen LogP contribution is 2.39. The molecule has 0 heterocycles. The van der Waals surface area contributed by atoms with Gasteiger partial charge in [-0.2, -0.15) is 0 Å². The van der Waals surface area contributed by atoms with Crippen LogP contribution in [-0.4, -0.2) is 16.9 Å². The summed E-state index contributed by atoms with van der Waals surface area (Å²) in [4.78, 5) is 22.9. The largest absolute Gasteiger partial charge is 0.478 e. The van der Waals surface area contributed by atoms with E-state index in [4.69, 9.17) is 5.11 Å². The van der Waals surface area contributed by atoms with Crippen LogP contribution < -0.4 is 0 Å². The average molecular weight is 250 g/mol. The molecular formula is C15H22O3. The highest BCUT2D eigenvalue weighted by atomic mass is 16.4. The predicted octanol–water partition coefficient (Wildman–Crippen LogP) is 3.36. The minimum Gasteiger partial charge on any atom is -0.478 e. The number of allylic oxidation sites excluding steroid dienone is 3. The summed E-state index contributed by atoms with van der Waals surface area (Å²) < 4.78 is 0. The zero-order valence-corrected chi connectivity index (χ0v) is 11.6. The molecule has 0 saturated carbocycles. The molecule has 3 nitrogen and oxygen atoms in total. The molecule has 1 rings (SSSR count). The molecule has 0 aromatic carbocycles. The lowest BCUT2D eigenvalue weighted by Gasteiger charge is -2.28. The van der Waals surface area contributed by atoms with Crippen molar-refractivity contribution < 1.29 is 14.7 Å². The number of carboxylic acid groups (broad SMARTS) is 1. The summed E-state index contributed by atoms with van der Waals surface area (Å²) in [6.07, 6.45) is 5.21. The Hall–Kier alpha value is -1.38. The summed E-state index contributed by atoms with van der Waals surface area (Å²) in [6, 6.07) is 0. The molecule has 0 aliphatic heterocycles. The number of ketones is 1. The fourth-order valence-corrected chi connectivity index (χ4v) is 2.98. The van der Waals surface area contributed by atoms with Gasteiger partial charge in [0.05, 0.1) is 0 Å². The van der Waals surface area contributed by atoms with Gasteiger partial charge in [0.25, 0.3) is 0 Å². The van der Waals surface area contributed by atoms with E-state index < -0.39 is 11.4 Å². The Bertz CT molecular complexity index is 417. The van der Waals surface area contributed by atoms with Gasteiger partial charge in [-0.3, -0.25) is 4.79 Å². The number of carboxylic acids is 1. The molecule has 2 atom stereocenters. The van der Waals surface area contributed by atoms with Crippen LogP contribution in [-0.2, 0) is 9.59 Å². The normalized spacial score (nSPS) is 29.8. The Balaban J connectivity index is 2.96. The van der Waals surface area contributed by atoms with Crippen LogP contribution in [0.3, 0.4) is 0 Å². The number of aliphatic carboxylic acids is 1. The van der Waals surface area contributed by atoms with Crippen molar-refractivity contribution in [2.75, 3.05) is 0 Å². The molecule has 0 unspecified atom stereocenters. The van der Waals surface area contributed by atoms with Gasteiger partial charge in [-0.05, 0) is 45.1 Å². The summed E-state index contributed by atoms with van der Waals surface area (Å²) in [6.45, 7) is 7.85. The van der Waals surface area contributed by atoms with Crippen molar-refractivity contribution in [2.45, 2.75) is 47.0 Å². The SMILES string of the molecule is CC1=CC(=O)[C@](C)(C/C(C)=C\C(=O)O)C[C@H](C)C1. The Morgan fingerprint density at radius 2 is 2.22 bits per heavy atom. The lowest BCUT2D eigenvalue weighted by Crippen LogP contribution is -2.28. The minimum absolute atomic E-state index is 0.127. The Labute approximate surface area is 109 Å². The maximum absolute atomic E-state index is 12.3. The first-order valence-corrected chi connectivity index (χ1v) is 6.34. The van der Waals surface area contributed by atoms with Gasteiger partial charge in [0.1, 0.15) is 0 Å². The topological polar surface area (TPSA) is 54.4 Å². The molecule has 0 aromatic heterocycles. The molecule has 100 valence electrons. The summed E-state index contributed by atoms with van der Waals surface area (Å²) in [5, 5.41) is 8.74. The molecule has 0 bridgehead atoms. The summed E-state index contributed by atoms with van der Waals surface area (Å²) >= 11 is 0. The van der Waals surface area contributed by atoms with Gasteiger partial charge in [-0.1, -0.05) is 25.0 Å². The molecule has 1 aliphatic rings. The molecule has 0 amide bonds. The van der Waals surface area contributed by atoms with E-state index in [1.807, 2.05) is 13.8 Å². The van der Waals surface area contributed by atoms with Gasteiger partial charge in [-0.15, -0.1) is 0 Å². The van der Waals surface area contributed by atoms with Crippen LogP contribution in [0, 0.1) is 11.3 Å². The van der Waals surface area contributed by atoms with Crippen LogP contribution in [0.25, 0.3) is 0 Å². The smallest absolute Gasteiger partial charge is 0.328 e. The van der Waals surface area contributed by atoms with Crippen LogP contribution in [0.15, 0.2) is 23.3 Å². The molecule has 0 spiro atoms. The van der Waals surface area contributed by atoms with E-state index in [0.717, 1.165) is 24.0 Å². The second kappa shape index (κ2) is 5.51. The second-order valence-electron chi connectivity index (χ2n) is 5.93. The Morgan fingerprint density at radius 1 is 1.61 bits per heavy atom. The zero-order valence-electron chi connectivity index (χ0n) is 11.6. The Kier molecular flexibility index (Phi) is 4.49. The highest BCUT2D eigenvalue weighted by molar-refractivity contribution is 5.95. The zero-order chi connectivity index (χ0) is 13.9. The van der Waals surface area contributed by atoms with E-state index >= 15 is 0 Å². The first-order chi connectivity index (χ1) is 8.23. The first kappa shape index (κ1) is 14.7. The standard InChI is InChI=1S/C15H22O3/c1-10-5-11(2)8-15(4,13(16)6-10)9-12(3)7-14(17)18/h6-7,11H,5,8-9H2,1-4H3,(H,17,18)/b12-7-/t11-,15+/m1/s1. The number of carbonyl (C=O) groups excluding carboxylic acids is 1. The van der Waals surface area contributed by atoms with Crippen LogP contribution in [0.4, 0.5) is 0 Å². The van der Waals surface area contributed by atoms with E-state index in [-0.39, 0.29) is 5.78 Å². The van der Waals surface area contributed by atoms with Crippen LogP contribution in [0.5, 0.6) is 0 Å². The number of hydrogen-bond acceptors (Lipinski definition) is 2. The van der Waals surface area contributed by atoms with E-state index in [1.54, 1.807) is 13.0 Å². The fraction of sp³-hybridized carbons (Fsp3) is 0.600. The van der Waals surface area contributed by atoms with Crippen molar-refractivity contribution in [2.24, 2.45) is 11.3 Å². The van der Waals surface area contributed by atoms with Gasteiger partial charge in [-0.25, -0.2) is 4.79 Å². The van der Waals surface area contributed by atoms with Crippen molar-refractivity contribution in [1.29, 1.82) is 0 Å². The van der Waals surface area contributed by atoms with Gasteiger partial charge in [0, 0.05) is 11.5 Å². The quantitative estimate of drug-likeness (QED) is 0.781. The molecule has 0 fully saturated rings. The van der Waals surface area contributed by atoms with Crippen molar-refractivity contribution in [3.05, 3.63) is 23.3 Å². The minimum atomic E-state index is -0.947. The average Bonchev–Trinajstić information content (AvgIpc) is 2.21. The first-order valence-electron chi connectivity index (χ1n) is 6.34. The molecular weight excluding hydrogens is 228 g/mol. The fourth-order valence-electron chi connectivity index (χ4n) is 2.98. The van der Waals surface area contributed by atoms with E-state index in [1.165, 1.54) is 6.08 Å². The maximum Gasteiger partial charge on any atom is 0.328 e. The molecule has 0 saturated heterocycles.